The summed E-state index contributed by atoms with van der Waals surface area (Å²) in [5.41, 5.74) is 21.1. The van der Waals surface area contributed by atoms with Gasteiger partial charge in [0.25, 0.3) is 0 Å². The number of hydrogen-bond donors (Lipinski definition) is 0. The average molecular weight is 741 g/mol. The molecule has 99 valence electrons. The third kappa shape index (κ3) is 301. The van der Waals surface area contributed by atoms with Crippen LogP contribution in [0.1, 0.15) is 0 Å². The van der Waals surface area contributed by atoms with Crippen LogP contribution in [0.2, 0.25) is 51.4 Å². The summed E-state index contributed by atoms with van der Waals surface area (Å²) in [5, 5.41) is 0. The molecule has 0 aromatic carbocycles. The molecule has 0 heterocycles. The Morgan fingerprint density at radius 2 is 0.400 bits per heavy atom. The second-order valence-electron chi connectivity index (χ2n) is 5.55. The maximum atomic E-state index is 2.55. The van der Waals surface area contributed by atoms with Gasteiger partial charge in [0.1, 0.15) is 0 Å². The Morgan fingerprint density at radius 1 is 0.400 bits per heavy atom. The fourth-order valence-electron chi connectivity index (χ4n) is 0. The standard InChI is InChI=1S/3C3H9AsI/c3*1-4(2,3)5/h3*1-3H3. The summed E-state index contributed by atoms with van der Waals surface area (Å²) >= 11 is 7.65. The van der Waals surface area contributed by atoms with E-state index in [1.807, 2.05) is 0 Å². The molecule has 0 aliphatic carbocycles. The minimum absolute atomic E-state index is 0.905. The number of halogens is 3. The molecule has 0 rings (SSSR count). The zero-order chi connectivity index (χ0) is 13.5. The second kappa shape index (κ2) is 10.6. The number of rotatable bonds is 0. The van der Waals surface area contributed by atoms with Crippen LogP contribution in [-0.2, 0) is 0 Å². The second-order valence-corrected chi connectivity index (χ2v) is 73.9. The van der Waals surface area contributed by atoms with Gasteiger partial charge in [0.05, 0.1) is 0 Å². The van der Waals surface area contributed by atoms with Gasteiger partial charge in [-0.3, -0.25) is 0 Å². The van der Waals surface area contributed by atoms with Gasteiger partial charge in [-0.15, -0.1) is 0 Å². The Bertz CT molecular complexity index is 95.6. The van der Waals surface area contributed by atoms with Crippen molar-refractivity contribution in [1.82, 2.24) is 0 Å². The van der Waals surface area contributed by atoms with Crippen molar-refractivity contribution in [3.05, 3.63) is 0 Å². The Labute approximate surface area is 139 Å². The molecule has 0 aliphatic heterocycles. The average Bonchev–Trinajstić information content (AvgIpc) is 1.41. The quantitative estimate of drug-likeness (QED) is 0.190. The van der Waals surface area contributed by atoms with Gasteiger partial charge in [0, 0.05) is 0 Å². The summed E-state index contributed by atoms with van der Waals surface area (Å²) in [4.78, 5) is 0. The fraction of sp³-hybridized carbons (Fsp3) is 1.00. The van der Waals surface area contributed by atoms with Gasteiger partial charge in [0.15, 0.2) is 0 Å². The molecule has 0 aromatic heterocycles. The SMILES string of the molecule is C[As](C)(C)I.C[As](C)(C)I.C[As](C)(C)I. The van der Waals surface area contributed by atoms with Crippen LogP contribution >= 0.6 is 60.4 Å². The molecular formula is C9H27As3I3. The molecule has 0 saturated heterocycles. The van der Waals surface area contributed by atoms with Crippen molar-refractivity contribution in [2.75, 3.05) is 0 Å². The molecule has 15 heavy (non-hydrogen) atoms. The summed E-state index contributed by atoms with van der Waals surface area (Å²) in [6.07, 6.45) is 0. The minimum atomic E-state index is -0.905. The van der Waals surface area contributed by atoms with Crippen LogP contribution in [0.4, 0.5) is 0 Å². The molecule has 0 saturated carbocycles. The van der Waals surface area contributed by atoms with Crippen LogP contribution in [0, 0.1) is 0 Å². The molecule has 0 bridgehead atoms. The van der Waals surface area contributed by atoms with E-state index < -0.39 is 30.6 Å². The topological polar surface area (TPSA) is 0 Å². The number of hydrogen-bond acceptors (Lipinski definition) is 0. The summed E-state index contributed by atoms with van der Waals surface area (Å²) in [7, 11) is -2.72. The van der Waals surface area contributed by atoms with Crippen LogP contribution in [0.5, 0.6) is 0 Å². The fourth-order valence-corrected chi connectivity index (χ4v) is 0. The van der Waals surface area contributed by atoms with Gasteiger partial charge in [-0.2, -0.15) is 0 Å². The molecule has 0 fully saturated rings. The van der Waals surface area contributed by atoms with Gasteiger partial charge < -0.3 is 0 Å². The molecule has 0 nitrogen and oxygen atoms in total. The first-order valence-corrected chi connectivity index (χ1v) is 38.6. The van der Waals surface area contributed by atoms with E-state index in [1.165, 1.54) is 0 Å². The Morgan fingerprint density at radius 3 is 0.400 bits per heavy atom. The third-order valence-corrected chi connectivity index (χ3v) is 0. The summed E-state index contributed by atoms with van der Waals surface area (Å²) in [6, 6.07) is 0. The molecule has 0 spiro atoms. The van der Waals surface area contributed by atoms with E-state index in [0.29, 0.717) is 0 Å². The van der Waals surface area contributed by atoms with Crippen molar-refractivity contribution in [2.24, 2.45) is 0 Å². The zero-order valence-electron chi connectivity index (χ0n) is 11.5. The maximum absolute atomic E-state index is 2.55. The summed E-state index contributed by atoms with van der Waals surface area (Å²) < 4.78 is 0. The predicted molar refractivity (Wildman–Crippen MR) is 112 cm³/mol. The van der Waals surface area contributed by atoms with Crippen LogP contribution < -0.4 is 0 Å². The Hall–Kier alpha value is 3.87. The molecule has 6 heteroatoms. The molecule has 0 N–H and O–H groups in total. The van der Waals surface area contributed by atoms with Crippen molar-refractivity contribution < 1.29 is 0 Å². The van der Waals surface area contributed by atoms with Gasteiger partial charge in [-0.25, -0.2) is 0 Å². The van der Waals surface area contributed by atoms with E-state index in [4.69, 9.17) is 0 Å². The first-order chi connectivity index (χ1) is 6.00. The van der Waals surface area contributed by atoms with E-state index in [0.717, 1.165) is 0 Å². The zero-order valence-corrected chi connectivity index (χ0v) is 23.6. The van der Waals surface area contributed by atoms with Crippen LogP contribution in [0.25, 0.3) is 0 Å². The van der Waals surface area contributed by atoms with Gasteiger partial charge in [-0.1, -0.05) is 0 Å². The molecule has 3 radical (unpaired) electrons. The first kappa shape index (κ1) is 23.9. The van der Waals surface area contributed by atoms with Crippen LogP contribution in [0.15, 0.2) is 0 Å². The third-order valence-electron chi connectivity index (χ3n) is 0. The summed E-state index contributed by atoms with van der Waals surface area (Å²) in [6.45, 7) is 0. The molecule has 0 atom stereocenters. The van der Waals surface area contributed by atoms with Crippen molar-refractivity contribution in [3.63, 3.8) is 0 Å². The van der Waals surface area contributed by atoms with Gasteiger partial charge >= 0.3 is 142 Å². The molecule has 0 amide bonds. The first-order valence-electron chi connectivity index (χ1n) is 4.53. The van der Waals surface area contributed by atoms with Crippen molar-refractivity contribution >= 4 is 91.0 Å². The van der Waals surface area contributed by atoms with Gasteiger partial charge in [0.2, 0.25) is 0 Å². The van der Waals surface area contributed by atoms with Crippen molar-refractivity contribution in [1.29, 1.82) is 0 Å². The van der Waals surface area contributed by atoms with Crippen LogP contribution in [-0.4, -0.2) is 30.6 Å². The van der Waals surface area contributed by atoms with Crippen LogP contribution in [0.3, 0.4) is 0 Å². The molecule has 0 aromatic rings. The van der Waals surface area contributed by atoms with Crippen molar-refractivity contribution in [3.8, 4) is 0 Å². The Balaban J connectivity index is -0.000000144. The van der Waals surface area contributed by atoms with Crippen molar-refractivity contribution in [2.45, 2.75) is 51.4 Å². The molecule has 0 unspecified atom stereocenters. The predicted octanol–water partition coefficient (Wildman–Crippen LogP) is 6.77. The van der Waals surface area contributed by atoms with E-state index in [9.17, 15) is 0 Å². The van der Waals surface area contributed by atoms with E-state index in [-0.39, 0.29) is 0 Å². The normalized spacial score (nSPS) is 12.0. The molecule has 0 aliphatic rings. The van der Waals surface area contributed by atoms with E-state index in [2.05, 4.69) is 112 Å². The monoisotopic (exact) mass is 741 g/mol. The van der Waals surface area contributed by atoms with E-state index in [1.54, 1.807) is 0 Å². The molecular weight excluding hydrogens is 714 g/mol. The summed E-state index contributed by atoms with van der Waals surface area (Å²) in [5.74, 6) is 0. The van der Waals surface area contributed by atoms with E-state index >= 15 is 0 Å². The Kier molecular flexibility index (Phi) is 17.0. The van der Waals surface area contributed by atoms with Gasteiger partial charge in [-0.05, 0) is 0 Å².